The van der Waals surface area contributed by atoms with Crippen molar-refractivity contribution in [2.75, 3.05) is 27.6 Å². The normalized spacial score (nSPS) is 16.0. The molecule has 0 aromatic heterocycles. The number of fused-ring (bicyclic) bond motifs is 1. The van der Waals surface area contributed by atoms with E-state index in [1.165, 1.54) is 38.5 Å². The van der Waals surface area contributed by atoms with Crippen molar-refractivity contribution in [3.8, 4) is 34.5 Å². The van der Waals surface area contributed by atoms with Gasteiger partial charge in [0.05, 0.1) is 19.8 Å². The lowest BCUT2D eigenvalue weighted by atomic mass is 9.83. The fraction of sp³-hybridized carbons (Fsp3) is 0.250. The predicted molar refractivity (Wildman–Crippen MR) is 97.9 cm³/mol. The number of hydrogen-bond donors (Lipinski definition) is 3. The Kier molecular flexibility index (Phi) is 4.50. The second-order valence-electron chi connectivity index (χ2n) is 6.41. The molecule has 2 aromatic carbocycles. The van der Waals surface area contributed by atoms with Crippen LogP contribution >= 0.6 is 0 Å². The lowest BCUT2D eigenvalue weighted by Gasteiger charge is -2.21. The molecule has 9 heteroatoms. The second-order valence-corrected chi connectivity index (χ2v) is 6.41. The summed E-state index contributed by atoms with van der Waals surface area (Å²) in [4.78, 5) is 12.4. The summed E-state index contributed by atoms with van der Waals surface area (Å²) in [5.74, 6) is -1.41. The van der Waals surface area contributed by atoms with Crippen molar-refractivity contribution in [2.45, 2.75) is 5.92 Å². The SMILES string of the molecule is COc1cc([C@H](C2=C(O)COC2=O)c2cc3c(cc2O)OCO3)cc(OC)c1O. The van der Waals surface area contributed by atoms with Crippen LogP contribution in [-0.4, -0.2) is 48.9 Å². The van der Waals surface area contributed by atoms with Gasteiger partial charge in [-0.05, 0) is 23.8 Å². The van der Waals surface area contributed by atoms with Crippen LogP contribution in [0, 0.1) is 0 Å². The van der Waals surface area contributed by atoms with Crippen molar-refractivity contribution in [1.29, 1.82) is 0 Å². The quantitative estimate of drug-likeness (QED) is 0.647. The van der Waals surface area contributed by atoms with Gasteiger partial charge < -0.3 is 39.0 Å². The summed E-state index contributed by atoms with van der Waals surface area (Å²) < 4.78 is 26.0. The molecule has 0 radical (unpaired) electrons. The van der Waals surface area contributed by atoms with E-state index in [4.69, 9.17) is 23.7 Å². The van der Waals surface area contributed by atoms with Crippen molar-refractivity contribution in [1.82, 2.24) is 0 Å². The van der Waals surface area contributed by atoms with Gasteiger partial charge in [-0.1, -0.05) is 0 Å². The van der Waals surface area contributed by atoms with E-state index in [0.717, 1.165) is 0 Å². The van der Waals surface area contributed by atoms with Gasteiger partial charge in [-0.2, -0.15) is 0 Å². The van der Waals surface area contributed by atoms with Gasteiger partial charge in [0.2, 0.25) is 12.5 Å². The topological polar surface area (TPSA) is 124 Å². The smallest absolute Gasteiger partial charge is 0.338 e. The summed E-state index contributed by atoms with van der Waals surface area (Å²) in [6.07, 6.45) is 0. The molecule has 2 heterocycles. The number of methoxy groups -OCH3 is 2. The van der Waals surface area contributed by atoms with E-state index in [2.05, 4.69) is 0 Å². The molecule has 0 aliphatic carbocycles. The highest BCUT2D eigenvalue weighted by Gasteiger charge is 2.37. The molecule has 0 saturated heterocycles. The van der Waals surface area contributed by atoms with Gasteiger partial charge in [0, 0.05) is 17.5 Å². The summed E-state index contributed by atoms with van der Waals surface area (Å²) in [7, 11) is 2.73. The molecule has 0 fully saturated rings. The summed E-state index contributed by atoms with van der Waals surface area (Å²) >= 11 is 0. The minimum absolute atomic E-state index is 0.000261. The first kappa shape index (κ1) is 18.6. The number of hydrogen-bond acceptors (Lipinski definition) is 9. The maximum Gasteiger partial charge on any atom is 0.338 e. The molecule has 0 spiro atoms. The van der Waals surface area contributed by atoms with Crippen molar-refractivity contribution in [3.05, 3.63) is 46.7 Å². The van der Waals surface area contributed by atoms with Gasteiger partial charge in [0.25, 0.3) is 0 Å². The molecule has 1 atom stereocenters. The summed E-state index contributed by atoms with van der Waals surface area (Å²) in [6, 6.07) is 5.87. The minimum atomic E-state index is -0.956. The molecule has 0 unspecified atom stereocenters. The lowest BCUT2D eigenvalue weighted by molar-refractivity contribution is -0.136. The number of phenolic OH excluding ortho intramolecular Hbond substituents is 2. The Labute approximate surface area is 165 Å². The van der Waals surface area contributed by atoms with E-state index < -0.39 is 11.9 Å². The van der Waals surface area contributed by atoms with Crippen LogP contribution in [-0.2, 0) is 9.53 Å². The number of carbonyl (C=O) groups excluding carboxylic acids is 1. The first-order valence-electron chi connectivity index (χ1n) is 8.61. The fourth-order valence-electron chi connectivity index (χ4n) is 3.45. The van der Waals surface area contributed by atoms with E-state index >= 15 is 0 Å². The van der Waals surface area contributed by atoms with E-state index in [-0.39, 0.29) is 53.3 Å². The van der Waals surface area contributed by atoms with Gasteiger partial charge in [-0.3, -0.25) is 0 Å². The van der Waals surface area contributed by atoms with Crippen LogP contribution in [0.5, 0.6) is 34.5 Å². The second kappa shape index (κ2) is 7.01. The molecule has 3 N–H and O–H groups in total. The Hall–Kier alpha value is -3.75. The molecule has 9 nitrogen and oxygen atoms in total. The van der Waals surface area contributed by atoms with Crippen LogP contribution in [0.25, 0.3) is 0 Å². The van der Waals surface area contributed by atoms with E-state index in [0.29, 0.717) is 17.1 Å². The molecule has 2 aromatic rings. The minimum Gasteiger partial charge on any atom is -0.508 e. The number of aliphatic hydroxyl groups excluding tert-OH is 1. The third-order valence-electron chi connectivity index (χ3n) is 4.83. The first-order chi connectivity index (χ1) is 13.9. The third-order valence-corrected chi connectivity index (χ3v) is 4.83. The molecule has 0 saturated carbocycles. The molecule has 4 rings (SSSR count). The zero-order valence-electron chi connectivity index (χ0n) is 15.6. The van der Waals surface area contributed by atoms with Gasteiger partial charge in [-0.25, -0.2) is 4.79 Å². The van der Waals surface area contributed by atoms with Gasteiger partial charge >= 0.3 is 5.97 Å². The van der Waals surface area contributed by atoms with E-state index in [1.807, 2.05) is 0 Å². The van der Waals surface area contributed by atoms with E-state index in [9.17, 15) is 20.1 Å². The molecular weight excluding hydrogens is 384 g/mol. The molecule has 2 aliphatic heterocycles. The Morgan fingerprint density at radius 2 is 1.55 bits per heavy atom. The Balaban J connectivity index is 1.97. The van der Waals surface area contributed by atoms with Gasteiger partial charge in [0.1, 0.15) is 18.1 Å². The Morgan fingerprint density at radius 1 is 0.931 bits per heavy atom. The highest BCUT2D eigenvalue weighted by Crippen LogP contribution is 2.48. The van der Waals surface area contributed by atoms with Gasteiger partial charge in [0.15, 0.2) is 23.0 Å². The van der Waals surface area contributed by atoms with Crippen molar-refractivity contribution in [3.63, 3.8) is 0 Å². The average Bonchev–Trinajstić information content (AvgIpc) is 3.29. The number of aliphatic hydroxyl groups is 1. The van der Waals surface area contributed by atoms with Crippen LogP contribution in [0.3, 0.4) is 0 Å². The standard InChI is InChI=1S/C20H18O9/c1-25-15-3-9(4-16(26-2)19(15)23)17(18-12(22)7-27-20(18)24)10-5-13-14(6-11(10)21)29-8-28-13/h3-6,17,21-23H,7-8H2,1-2H3/t17-/m0/s1. The molecule has 0 amide bonds. The van der Waals surface area contributed by atoms with Crippen molar-refractivity contribution in [2.24, 2.45) is 0 Å². The zero-order chi connectivity index (χ0) is 20.7. The number of carbonyl (C=O) groups is 1. The Bertz CT molecular complexity index is 1000. The monoisotopic (exact) mass is 402 g/mol. The van der Waals surface area contributed by atoms with Crippen LogP contribution in [0.4, 0.5) is 0 Å². The van der Waals surface area contributed by atoms with Gasteiger partial charge in [-0.15, -0.1) is 0 Å². The highest BCUT2D eigenvalue weighted by molar-refractivity contribution is 5.94. The molecule has 0 bridgehead atoms. The summed E-state index contributed by atoms with van der Waals surface area (Å²) in [6.45, 7) is -0.276. The lowest BCUT2D eigenvalue weighted by Crippen LogP contribution is -2.13. The first-order valence-corrected chi connectivity index (χ1v) is 8.61. The third kappa shape index (κ3) is 3.00. The average molecular weight is 402 g/mol. The fourth-order valence-corrected chi connectivity index (χ4v) is 3.45. The zero-order valence-corrected chi connectivity index (χ0v) is 15.6. The molecular formula is C20H18O9. The number of aromatic hydroxyl groups is 2. The number of rotatable bonds is 5. The summed E-state index contributed by atoms with van der Waals surface area (Å²) in [5, 5.41) is 31.2. The number of benzene rings is 2. The number of phenols is 2. The maximum absolute atomic E-state index is 12.4. The maximum atomic E-state index is 12.4. The van der Waals surface area contributed by atoms with Crippen LogP contribution < -0.4 is 18.9 Å². The van der Waals surface area contributed by atoms with Crippen LogP contribution in [0.2, 0.25) is 0 Å². The molecule has 2 aliphatic rings. The Morgan fingerprint density at radius 3 is 2.10 bits per heavy atom. The highest BCUT2D eigenvalue weighted by atomic mass is 16.7. The number of esters is 1. The van der Waals surface area contributed by atoms with Crippen molar-refractivity contribution < 1.29 is 43.8 Å². The van der Waals surface area contributed by atoms with E-state index in [1.54, 1.807) is 0 Å². The number of ether oxygens (including phenoxy) is 5. The van der Waals surface area contributed by atoms with Crippen LogP contribution in [0.15, 0.2) is 35.6 Å². The largest absolute Gasteiger partial charge is 0.508 e. The summed E-state index contributed by atoms with van der Waals surface area (Å²) in [5.41, 5.74) is 0.629. The molecule has 152 valence electrons. The molecule has 29 heavy (non-hydrogen) atoms. The predicted octanol–water partition coefficient (Wildman–Crippen LogP) is 2.34. The number of cyclic esters (lactones) is 1. The van der Waals surface area contributed by atoms with Crippen molar-refractivity contribution >= 4 is 5.97 Å². The van der Waals surface area contributed by atoms with Crippen LogP contribution in [0.1, 0.15) is 17.0 Å².